The summed E-state index contributed by atoms with van der Waals surface area (Å²) in [6.45, 7) is 1.67. The van der Waals surface area contributed by atoms with Gasteiger partial charge in [-0.1, -0.05) is 11.6 Å². The summed E-state index contributed by atoms with van der Waals surface area (Å²) in [5.41, 5.74) is 6.62. The SMILES string of the molecule is Cc1[nH]nc(N)c1C(=O)Nc1c(Cl)cc(F)cc1Br. The first-order valence-corrected chi connectivity index (χ1v) is 6.33. The van der Waals surface area contributed by atoms with Gasteiger partial charge in [-0.3, -0.25) is 9.89 Å². The summed E-state index contributed by atoms with van der Waals surface area (Å²) in [7, 11) is 0. The fraction of sp³-hybridized carbons (Fsp3) is 0.0909. The summed E-state index contributed by atoms with van der Waals surface area (Å²) in [6.07, 6.45) is 0. The average Bonchev–Trinajstić information content (AvgIpc) is 2.63. The molecule has 0 fully saturated rings. The third kappa shape index (κ3) is 2.71. The number of anilines is 2. The smallest absolute Gasteiger partial charge is 0.261 e. The Hall–Kier alpha value is -1.60. The zero-order chi connectivity index (χ0) is 14.2. The van der Waals surface area contributed by atoms with Crippen molar-refractivity contribution < 1.29 is 9.18 Å². The molecule has 0 saturated carbocycles. The molecular formula is C11H9BrClFN4O. The van der Waals surface area contributed by atoms with Gasteiger partial charge in [-0.05, 0) is 35.0 Å². The Kier molecular flexibility index (Phi) is 3.77. The van der Waals surface area contributed by atoms with Crippen LogP contribution in [-0.4, -0.2) is 16.1 Å². The standard InChI is InChI=1S/C11H9BrClFN4O/c1-4-8(10(15)18-17-4)11(19)16-9-6(12)2-5(14)3-7(9)13/h2-3H,1H3,(H,16,19)(H3,15,17,18). The molecule has 0 radical (unpaired) electrons. The second-order valence-corrected chi connectivity index (χ2v) is 5.07. The maximum atomic E-state index is 13.1. The number of nitrogens with zero attached hydrogens (tertiary/aromatic N) is 1. The molecule has 5 nitrogen and oxygen atoms in total. The van der Waals surface area contributed by atoms with Crippen molar-refractivity contribution in [2.45, 2.75) is 6.92 Å². The fourth-order valence-corrected chi connectivity index (χ4v) is 2.47. The molecule has 0 atom stereocenters. The number of aryl methyl sites for hydroxylation is 1. The second kappa shape index (κ2) is 5.18. The van der Waals surface area contributed by atoms with Crippen LogP contribution in [0, 0.1) is 12.7 Å². The molecule has 8 heteroatoms. The van der Waals surface area contributed by atoms with Crippen LogP contribution in [0.1, 0.15) is 16.1 Å². The van der Waals surface area contributed by atoms with Gasteiger partial charge in [-0.25, -0.2) is 4.39 Å². The summed E-state index contributed by atoms with van der Waals surface area (Å²) in [5.74, 6) is -0.892. The zero-order valence-corrected chi connectivity index (χ0v) is 12.1. The number of nitrogens with two attached hydrogens (primary N) is 1. The summed E-state index contributed by atoms with van der Waals surface area (Å²) >= 11 is 9.01. The number of nitrogen functional groups attached to an aromatic ring is 1. The lowest BCUT2D eigenvalue weighted by atomic mass is 10.2. The number of rotatable bonds is 2. The number of benzene rings is 1. The molecule has 0 spiro atoms. The number of aromatic amines is 1. The van der Waals surface area contributed by atoms with Gasteiger partial charge in [0.05, 0.1) is 10.7 Å². The van der Waals surface area contributed by atoms with Crippen molar-refractivity contribution in [1.29, 1.82) is 0 Å². The molecular weight excluding hydrogens is 339 g/mol. The van der Waals surface area contributed by atoms with E-state index in [-0.39, 0.29) is 22.1 Å². The van der Waals surface area contributed by atoms with Gasteiger partial charge in [0.2, 0.25) is 0 Å². The van der Waals surface area contributed by atoms with E-state index >= 15 is 0 Å². The average molecular weight is 348 g/mol. The second-order valence-electron chi connectivity index (χ2n) is 3.81. The zero-order valence-electron chi connectivity index (χ0n) is 9.72. The van der Waals surface area contributed by atoms with Gasteiger partial charge in [0.25, 0.3) is 5.91 Å². The topological polar surface area (TPSA) is 83.8 Å². The third-order valence-corrected chi connectivity index (χ3v) is 3.37. The van der Waals surface area contributed by atoms with E-state index in [0.717, 1.165) is 6.07 Å². The van der Waals surface area contributed by atoms with Crippen LogP contribution in [0.5, 0.6) is 0 Å². The van der Waals surface area contributed by atoms with E-state index in [2.05, 4.69) is 31.4 Å². The van der Waals surface area contributed by atoms with Crippen LogP contribution in [0.15, 0.2) is 16.6 Å². The lowest BCUT2D eigenvalue weighted by Crippen LogP contribution is -2.15. The first-order valence-electron chi connectivity index (χ1n) is 5.16. The first-order chi connectivity index (χ1) is 8.90. The summed E-state index contributed by atoms with van der Waals surface area (Å²) < 4.78 is 13.4. The highest BCUT2D eigenvalue weighted by molar-refractivity contribution is 9.10. The molecule has 1 aromatic heterocycles. The minimum Gasteiger partial charge on any atom is -0.382 e. The molecule has 4 N–H and O–H groups in total. The third-order valence-electron chi connectivity index (χ3n) is 2.45. The molecule has 1 amide bonds. The van der Waals surface area contributed by atoms with Gasteiger partial charge in [-0.15, -0.1) is 0 Å². The van der Waals surface area contributed by atoms with E-state index in [1.165, 1.54) is 6.07 Å². The minimum atomic E-state index is -0.506. The molecule has 0 aliphatic heterocycles. The van der Waals surface area contributed by atoms with Crippen molar-refractivity contribution in [2.75, 3.05) is 11.1 Å². The number of aromatic nitrogens is 2. The molecule has 0 aliphatic rings. The number of amides is 1. The molecule has 0 aliphatic carbocycles. The summed E-state index contributed by atoms with van der Waals surface area (Å²) in [5, 5.41) is 8.98. The molecule has 0 unspecified atom stereocenters. The van der Waals surface area contributed by atoms with E-state index < -0.39 is 11.7 Å². The van der Waals surface area contributed by atoms with Crippen LogP contribution in [0.4, 0.5) is 15.9 Å². The Morgan fingerprint density at radius 1 is 1.58 bits per heavy atom. The Bertz CT molecular complexity index is 616. The molecule has 100 valence electrons. The number of carbonyl (C=O) groups excluding carboxylic acids is 1. The number of halogens is 3. The van der Waals surface area contributed by atoms with E-state index in [1.54, 1.807) is 6.92 Å². The Morgan fingerprint density at radius 3 is 2.79 bits per heavy atom. The highest BCUT2D eigenvalue weighted by atomic mass is 79.9. The van der Waals surface area contributed by atoms with Gasteiger partial charge >= 0.3 is 0 Å². The number of nitrogens with one attached hydrogen (secondary N) is 2. The van der Waals surface area contributed by atoms with E-state index in [0.29, 0.717) is 10.2 Å². The van der Waals surface area contributed by atoms with E-state index in [9.17, 15) is 9.18 Å². The van der Waals surface area contributed by atoms with Gasteiger partial charge in [-0.2, -0.15) is 5.10 Å². The summed E-state index contributed by atoms with van der Waals surface area (Å²) in [4.78, 5) is 12.1. The van der Waals surface area contributed by atoms with Crippen LogP contribution in [0.2, 0.25) is 5.02 Å². The van der Waals surface area contributed by atoms with Crippen LogP contribution < -0.4 is 11.1 Å². The highest BCUT2D eigenvalue weighted by Crippen LogP contribution is 2.32. The van der Waals surface area contributed by atoms with Crippen molar-refractivity contribution in [3.63, 3.8) is 0 Å². The minimum absolute atomic E-state index is 0.0833. The molecule has 1 heterocycles. The number of hydrogen-bond acceptors (Lipinski definition) is 3. The maximum Gasteiger partial charge on any atom is 0.261 e. The molecule has 2 rings (SSSR count). The Balaban J connectivity index is 2.35. The van der Waals surface area contributed by atoms with Crippen molar-refractivity contribution >= 4 is 44.9 Å². The number of carbonyl (C=O) groups is 1. The molecule has 0 saturated heterocycles. The largest absolute Gasteiger partial charge is 0.382 e. The van der Waals surface area contributed by atoms with Crippen LogP contribution in [-0.2, 0) is 0 Å². The van der Waals surface area contributed by atoms with Gasteiger partial charge < -0.3 is 11.1 Å². The lowest BCUT2D eigenvalue weighted by molar-refractivity contribution is 0.102. The quantitative estimate of drug-likeness (QED) is 0.780. The van der Waals surface area contributed by atoms with E-state index in [4.69, 9.17) is 17.3 Å². The highest BCUT2D eigenvalue weighted by Gasteiger charge is 2.18. The molecule has 1 aromatic carbocycles. The predicted molar refractivity (Wildman–Crippen MR) is 74.8 cm³/mol. The van der Waals surface area contributed by atoms with Crippen molar-refractivity contribution in [1.82, 2.24) is 10.2 Å². The Morgan fingerprint density at radius 2 is 2.26 bits per heavy atom. The molecule has 0 bridgehead atoms. The van der Waals surface area contributed by atoms with Crippen molar-refractivity contribution in [3.8, 4) is 0 Å². The van der Waals surface area contributed by atoms with Crippen molar-refractivity contribution in [2.24, 2.45) is 0 Å². The lowest BCUT2D eigenvalue weighted by Gasteiger charge is -2.09. The number of H-pyrrole nitrogens is 1. The monoisotopic (exact) mass is 346 g/mol. The van der Waals surface area contributed by atoms with Gasteiger partial charge in [0.1, 0.15) is 11.4 Å². The van der Waals surface area contributed by atoms with Crippen LogP contribution >= 0.6 is 27.5 Å². The van der Waals surface area contributed by atoms with E-state index in [1.807, 2.05) is 0 Å². The van der Waals surface area contributed by atoms with Gasteiger partial charge in [0.15, 0.2) is 5.82 Å². The number of hydrogen-bond donors (Lipinski definition) is 3. The van der Waals surface area contributed by atoms with Crippen LogP contribution in [0.3, 0.4) is 0 Å². The molecule has 2 aromatic rings. The van der Waals surface area contributed by atoms with Crippen LogP contribution in [0.25, 0.3) is 0 Å². The molecule has 19 heavy (non-hydrogen) atoms. The predicted octanol–water partition coefficient (Wildman–Crippen LogP) is 3.11. The van der Waals surface area contributed by atoms with Gasteiger partial charge in [0, 0.05) is 10.2 Å². The maximum absolute atomic E-state index is 13.1. The van der Waals surface area contributed by atoms with Crippen molar-refractivity contribution in [3.05, 3.63) is 38.7 Å². The normalized spacial score (nSPS) is 10.5. The first kappa shape index (κ1) is 13.8. The Labute approximate surface area is 121 Å². The fourth-order valence-electron chi connectivity index (χ4n) is 1.57. The summed E-state index contributed by atoms with van der Waals surface area (Å²) in [6, 6.07) is 2.31.